The summed E-state index contributed by atoms with van der Waals surface area (Å²) >= 11 is 0. The smallest absolute Gasteiger partial charge is 0.306 e. The number of nitrogens with one attached hydrogen (secondary N) is 4. The van der Waals surface area contributed by atoms with Gasteiger partial charge in [0.15, 0.2) is 0 Å². The van der Waals surface area contributed by atoms with Gasteiger partial charge in [-0.25, -0.2) is 0 Å². The number of unbranched alkanes of at least 4 members (excludes halogenated alkanes) is 11. The summed E-state index contributed by atoms with van der Waals surface area (Å²) in [6.45, 7) is 8.25. The zero-order valence-corrected chi connectivity index (χ0v) is 43.9. The van der Waals surface area contributed by atoms with Gasteiger partial charge in [-0.05, 0) is 37.7 Å². The van der Waals surface area contributed by atoms with Crippen molar-refractivity contribution >= 4 is 35.6 Å². The Hall–Kier alpha value is -4.28. The summed E-state index contributed by atoms with van der Waals surface area (Å²) in [5.74, 6) is -1.18. The Balaban J connectivity index is 1.71. The second-order valence-electron chi connectivity index (χ2n) is 17.3. The first-order valence-corrected chi connectivity index (χ1v) is 26.9. The van der Waals surface area contributed by atoms with Crippen LogP contribution in [0.1, 0.15) is 134 Å². The van der Waals surface area contributed by atoms with E-state index in [-0.39, 0.29) is 55.5 Å². The monoisotopic (exact) mass is 1040 g/mol. The normalized spacial score (nSPS) is 11.1. The van der Waals surface area contributed by atoms with Gasteiger partial charge in [0.1, 0.15) is 6.61 Å². The Bertz CT molecular complexity index is 1500. The predicted molar refractivity (Wildman–Crippen MR) is 275 cm³/mol. The van der Waals surface area contributed by atoms with Crippen molar-refractivity contribution in [2.75, 3.05) is 132 Å². The van der Waals surface area contributed by atoms with Crippen molar-refractivity contribution in [3.05, 3.63) is 35.9 Å². The lowest BCUT2D eigenvalue weighted by molar-refractivity contribution is -0.145. The molecule has 0 saturated carbocycles. The quantitative estimate of drug-likeness (QED) is 0.0415. The van der Waals surface area contributed by atoms with Crippen LogP contribution in [0.25, 0.3) is 0 Å². The Morgan fingerprint density at radius 3 is 1.11 bits per heavy atom. The molecule has 0 aliphatic carbocycles. The summed E-state index contributed by atoms with van der Waals surface area (Å²) in [6, 6.07) is 9.73. The van der Waals surface area contributed by atoms with E-state index >= 15 is 0 Å². The number of benzene rings is 1. The highest BCUT2D eigenvalue weighted by molar-refractivity contribution is 5.77. The molecule has 0 unspecified atom stereocenters. The van der Waals surface area contributed by atoms with Crippen molar-refractivity contribution in [2.45, 2.75) is 135 Å². The number of carboxylic acid groups (broad SMARTS) is 1. The summed E-state index contributed by atoms with van der Waals surface area (Å²) in [7, 11) is 0. The summed E-state index contributed by atoms with van der Waals surface area (Å²) in [5, 5.41) is 19.9. The fourth-order valence-electron chi connectivity index (χ4n) is 6.79. The molecule has 0 aliphatic rings. The SMILES string of the molecule is O=C(O)CCCCCNC(=O)CCOCCOCCOCCOCCNC(=O)CCOCCOCCOCCOCCNC(=O)CCCNC(=O)CCCCCCCCCCCCC(=O)OCc1ccccc1. The second kappa shape index (κ2) is 52.6. The Morgan fingerprint density at radius 2 is 0.658 bits per heavy atom. The molecule has 4 amide bonds. The van der Waals surface area contributed by atoms with E-state index in [1.165, 1.54) is 25.7 Å². The molecule has 0 fully saturated rings. The number of amides is 4. The van der Waals surface area contributed by atoms with Crippen molar-refractivity contribution in [2.24, 2.45) is 0 Å². The van der Waals surface area contributed by atoms with Crippen molar-refractivity contribution in [1.82, 2.24) is 21.3 Å². The van der Waals surface area contributed by atoms with Crippen LogP contribution in [-0.2, 0) is 78.0 Å². The first kappa shape index (κ1) is 66.7. The number of carbonyl (C=O) groups excluding carboxylic acids is 5. The number of hydrogen-bond donors (Lipinski definition) is 5. The third-order valence-electron chi connectivity index (χ3n) is 10.9. The minimum absolute atomic E-state index is 0.0371. The van der Waals surface area contributed by atoms with E-state index in [1.807, 2.05) is 30.3 Å². The molecule has 73 heavy (non-hydrogen) atoms. The Morgan fingerprint density at radius 1 is 0.329 bits per heavy atom. The molecule has 1 rings (SSSR count). The molecule has 0 aliphatic heterocycles. The van der Waals surface area contributed by atoms with Crippen LogP contribution in [0.2, 0.25) is 0 Å². The number of hydrogen-bond acceptors (Lipinski definition) is 15. The lowest BCUT2D eigenvalue weighted by atomic mass is 10.1. The largest absolute Gasteiger partial charge is 0.481 e. The molecule has 0 radical (unpaired) electrons. The maximum absolute atomic E-state index is 12.1. The maximum atomic E-state index is 12.1. The molecule has 1 aromatic rings. The molecule has 420 valence electrons. The van der Waals surface area contributed by atoms with E-state index in [4.69, 9.17) is 47.7 Å². The van der Waals surface area contributed by atoms with Crippen molar-refractivity contribution in [3.63, 3.8) is 0 Å². The number of aliphatic carboxylic acids is 1. The van der Waals surface area contributed by atoms with Gasteiger partial charge in [-0.1, -0.05) is 88.1 Å². The van der Waals surface area contributed by atoms with Gasteiger partial charge in [0.05, 0.1) is 106 Å². The van der Waals surface area contributed by atoms with Crippen LogP contribution < -0.4 is 21.3 Å². The Kier molecular flexibility index (Phi) is 48.1. The third kappa shape index (κ3) is 51.0. The van der Waals surface area contributed by atoms with Gasteiger partial charge in [-0.3, -0.25) is 28.8 Å². The lowest BCUT2D eigenvalue weighted by Crippen LogP contribution is -2.29. The summed E-state index contributed by atoms with van der Waals surface area (Å²) in [6.07, 6.45) is 15.6. The molecule has 1 aromatic carbocycles. The molecule has 0 atom stereocenters. The zero-order valence-electron chi connectivity index (χ0n) is 43.9. The highest BCUT2D eigenvalue weighted by Gasteiger charge is 2.07. The van der Waals surface area contributed by atoms with E-state index in [1.54, 1.807) is 0 Å². The topological polar surface area (TPSA) is 254 Å². The van der Waals surface area contributed by atoms with Gasteiger partial charge in [-0.15, -0.1) is 0 Å². The van der Waals surface area contributed by atoms with Crippen LogP contribution in [0, 0.1) is 0 Å². The van der Waals surface area contributed by atoms with Crippen LogP contribution in [0.15, 0.2) is 30.3 Å². The highest BCUT2D eigenvalue weighted by Crippen LogP contribution is 2.13. The van der Waals surface area contributed by atoms with Crippen LogP contribution >= 0.6 is 0 Å². The van der Waals surface area contributed by atoms with Gasteiger partial charge in [-0.2, -0.15) is 0 Å². The first-order chi connectivity index (χ1) is 35.8. The summed E-state index contributed by atoms with van der Waals surface area (Å²) in [4.78, 5) is 70.3. The molecule has 5 N–H and O–H groups in total. The summed E-state index contributed by atoms with van der Waals surface area (Å²) in [5.41, 5.74) is 1.01. The van der Waals surface area contributed by atoms with Crippen LogP contribution in [-0.4, -0.2) is 173 Å². The van der Waals surface area contributed by atoms with Gasteiger partial charge < -0.3 is 69.0 Å². The van der Waals surface area contributed by atoms with Gasteiger partial charge in [0, 0.05) is 64.7 Å². The van der Waals surface area contributed by atoms with E-state index in [0.717, 1.165) is 56.9 Å². The van der Waals surface area contributed by atoms with Crippen LogP contribution in [0.5, 0.6) is 0 Å². The fraction of sp³-hybridized carbons (Fsp3) is 0.774. The maximum Gasteiger partial charge on any atom is 0.306 e. The number of esters is 1. The molecule has 0 heterocycles. The van der Waals surface area contributed by atoms with Crippen LogP contribution in [0.3, 0.4) is 0 Å². The molecule has 20 heteroatoms. The number of rotatable bonds is 55. The van der Waals surface area contributed by atoms with E-state index in [2.05, 4.69) is 21.3 Å². The molecule has 0 aromatic heterocycles. The standard InChI is InChI=1S/C53H92N4O16/c58-48(20-13-7-5-3-1-2-4-6-8-15-23-53(64)73-46-47-18-11-9-12-19-47)55-27-17-21-49(59)56-28-32-67-36-40-71-44-43-70-39-35-66-31-25-51(61)57-29-33-68-37-41-72-45-42-69-38-34-65-30-24-50(60)54-26-16-10-14-22-52(62)63/h9,11-12,18-19H,1-8,10,13-17,20-46H2,(H,54,60)(H,55,58)(H,56,59)(H,57,61)(H,62,63). The molecule has 0 bridgehead atoms. The van der Waals surface area contributed by atoms with Crippen LogP contribution in [0.4, 0.5) is 0 Å². The number of carbonyl (C=O) groups is 6. The number of ether oxygens (including phenoxy) is 9. The van der Waals surface area contributed by atoms with E-state index in [0.29, 0.717) is 164 Å². The average molecular weight is 1040 g/mol. The third-order valence-corrected chi connectivity index (χ3v) is 10.9. The molecular weight excluding hydrogens is 949 g/mol. The second-order valence-corrected chi connectivity index (χ2v) is 17.3. The van der Waals surface area contributed by atoms with E-state index in [9.17, 15) is 28.8 Å². The molecule has 0 spiro atoms. The Labute approximate surface area is 435 Å². The van der Waals surface area contributed by atoms with Gasteiger partial charge >= 0.3 is 11.9 Å². The minimum Gasteiger partial charge on any atom is -0.481 e. The molecule has 20 nitrogen and oxygen atoms in total. The van der Waals surface area contributed by atoms with Crippen molar-refractivity contribution in [3.8, 4) is 0 Å². The zero-order chi connectivity index (χ0) is 52.8. The van der Waals surface area contributed by atoms with Crippen molar-refractivity contribution in [1.29, 1.82) is 0 Å². The fourth-order valence-corrected chi connectivity index (χ4v) is 6.79. The van der Waals surface area contributed by atoms with E-state index < -0.39 is 5.97 Å². The molecule has 0 saturated heterocycles. The minimum atomic E-state index is -0.801. The lowest BCUT2D eigenvalue weighted by Gasteiger charge is -2.09. The van der Waals surface area contributed by atoms with Crippen molar-refractivity contribution < 1.29 is 76.5 Å². The number of carboxylic acids is 1. The highest BCUT2D eigenvalue weighted by atomic mass is 16.6. The predicted octanol–water partition coefficient (Wildman–Crippen LogP) is 5.21. The summed E-state index contributed by atoms with van der Waals surface area (Å²) < 4.78 is 49.0. The average Bonchev–Trinajstić information content (AvgIpc) is 3.38. The van der Waals surface area contributed by atoms with Gasteiger partial charge in [0.2, 0.25) is 23.6 Å². The van der Waals surface area contributed by atoms with Gasteiger partial charge in [0.25, 0.3) is 0 Å². The first-order valence-electron chi connectivity index (χ1n) is 26.9. The molecular formula is C53H92N4O16.